The number of hydrogen-bond acceptors (Lipinski definition) is 1. The zero-order valence-electron chi connectivity index (χ0n) is 17.5. The van der Waals surface area contributed by atoms with E-state index in [2.05, 4.69) is 109 Å². The van der Waals surface area contributed by atoms with Gasteiger partial charge in [0.25, 0.3) is 0 Å². The molecule has 0 aliphatic rings. The number of benzene rings is 3. The van der Waals surface area contributed by atoms with Crippen molar-refractivity contribution in [2.24, 2.45) is 0 Å². The molecule has 0 bridgehead atoms. The first-order valence-corrected chi connectivity index (χ1v) is 12.3. The van der Waals surface area contributed by atoms with Gasteiger partial charge in [-0.1, -0.05) is 66.7 Å². The summed E-state index contributed by atoms with van der Waals surface area (Å²) in [7, 11) is -1.73. The summed E-state index contributed by atoms with van der Waals surface area (Å²) in [6.07, 6.45) is 6.25. The molecule has 0 heterocycles. The zero-order valence-corrected chi connectivity index (χ0v) is 20.0. The fourth-order valence-corrected chi connectivity index (χ4v) is 8.36. The zero-order chi connectivity index (χ0) is 20.4. The molecule has 0 unspecified atom stereocenters. The fraction of sp³-hybridized carbons (Fsp3) is 0.185. The molecule has 156 valence electrons. The molecule has 3 aromatic rings. The first kappa shape index (κ1) is 24.3. The van der Waals surface area contributed by atoms with Crippen molar-refractivity contribution in [1.82, 2.24) is 4.90 Å². The topological polar surface area (TPSA) is 3.24 Å². The second-order valence-corrected chi connectivity index (χ2v) is 10.8. The van der Waals surface area contributed by atoms with Crippen molar-refractivity contribution in [3.05, 3.63) is 116 Å². The summed E-state index contributed by atoms with van der Waals surface area (Å²) in [5, 5.41) is 4.36. The Labute approximate surface area is 193 Å². The molecule has 0 aliphatic heterocycles. The van der Waals surface area contributed by atoms with Crippen LogP contribution in [0.4, 0.5) is 0 Å². The average Bonchev–Trinajstić information content (AvgIpc) is 2.79. The van der Waals surface area contributed by atoms with Gasteiger partial charge in [-0.2, -0.15) is 0 Å². The summed E-state index contributed by atoms with van der Waals surface area (Å²) in [5.41, 5.74) is 0. The van der Waals surface area contributed by atoms with Crippen LogP contribution in [0.1, 0.15) is 6.42 Å². The summed E-state index contributed by atoms with van der Waals surface area (Å²) in [5.74, 6) is 0. The lowest BCUT2D eigenvalue weighted by atomic mass is 10.3. The van der Waals surface area contributed by atoms with Gasteiger partial charge in [0, 0.05) is 19.6 Å². The second kappa shape index (κ2) is 12.6. The van der Waals surface area contributed by atoms with E-state index in [1.165, 1.54) is 15.9 Å². The summed E-state index contributed by atoms with van der Waals surface area (Å²) in [6.45, 7) is 10.7. The van der Waals surface area contributed by atoms with E-state index in [-0.39, 0.29) is 17.0 Å². The summed E-state index contributed by atoms with van der Waals surface area (Å²) >= 11 is 0. The van der Waals surface area contributed by atoms with Crippen LogP contribution in [0.2, 0.25) is 0 Å². The lowest BCUT2D eigenvalue weighted by molar-refractivity contribution is -0.00000572. The molecule has 0 aliphatic carbocycles. The number of halogens is 1. The van der Waals surface area contributed by atoms with Crippen molar-refractivity contribution < 1.29 is 17.0 Å². The Bertz CT molecular complexity index is 774. The van der Waals surface area contributed by atoms with Gasteiger partial charge in [0.05, 0.1) is 6.16 Å². The molecule has 0 saturated heterocycles. The van der Waals surface area contributed by atoms with Gasteiger partial charge in [-0.25, -0.2) is 0 Å². The van der Waals surface area contributed by atoms with Crippen molar-refractivity contribution in [2.45, 2.75) is 6.42 Å². The normalized spacial score (nSPS) is 11.0. The molecule has 0 N–H and O–H groups in total. The highest BCUT2D eigenvalue weighted by Gasteiger charge is 2.44. The first-order chi connectivity index (χ1) is 14.3. The third-order valence-corrected chi connectivity index (χ3v) is 9.86. The first-order valence-electron chi connectivity index (χ1n) is 10.3. The number of rotatable bonds is 11. The monoisotopic (exact) mass is 479 g/mol. The van der Waals surface area contributed by atoms with E-state index in [0.717, 1.165) is 32.2 Å². The van der Waals surface area contributed by atoms with Crippen LogP contribution in [-0.2, 0) is 0 Å². The Morgan fingerprint density at radius 2 is 1.00 bits per heavy atom. The third kappa shape index (κ3) is 5.79. The van der Waals surface area contributed by atoms with E-state index >= 15 is 0 Å². The highest BCUT2D eigenvalue weighted by atomic mass is 79.9. The molecule has 0 spiro atoms. The van der Waals surface area contributed by atoms with Gasteiger partial charge < -0.3 is 17.0 Å². The van der Waals surface area contributed by atoms with E-state index < -0.39 is 7.26 Å². The van der Waals surface area contributed by atoms with Crippen molar-refractivity contribution in [3.63, 3.8) is 0 Å². The number of nitrogens with zero attached hydrogens (tertiary/aromatic N) is 1. The molecule has 0 aromatic heterocycles. The highest BCUT2D eigenvalue weighted by molar-refractivity contribution is 7.95. The van der Waals surface area contributed by atoms with Gasteiger partial charge >= 0.3 is 0 Å². The van der Waals surface area contributed by atoms with Crippen molar-refractivity contribution in [2.75, 3.05) is 25.8 Å². The van der Waals surface area contributed by atoms with Gasteiger partial charge in [-0.15, -0.1) is 13.2 Å². The summed E-state index contributed by atoms with van der Waals surface area (Å²) in [6, 6.07) is 33.3. The van der Waals surface area contributed by atoms with Gasteiger partial charge in [-0.3, -0.25) is 4.90 Å². The Balaban J connectivity index is 0.00000320. The van der Waals surface area contributed by atoms with Crippen LogP contribution in [-0.4, -0.2) is 30.7 Å². The van der Waals surface area contributed by atoms with Crippen LogP contribution in [0.5, 0.6) is 0 Å². The minimum atomic E-state index is -1.73. The predicted molar refractivity (Wildman–Crippen MR) is 131 cm³/mol. The molecule has 0 saturated carbocycles. The van der Waals surface area contributed by atoms with Crippen LogP contribution < -0.4 is 32.9 Å². The van der Waals surface area contributed by atoms with Crippen LogP contribution in [0.15, 0.2) is 116 Å². The van der Waals surface area contributed by atoms with Crippen LogP contribution in [0.25, 0.3) is 0 Å². The molecule has 3 aromatic carbocycles. The van der Waals surface area contributed by atoms with Crippen molar-refractivity contribution >= 4 is 23.2 Å². The minimum Gasteiger partial charge on any atom is -1.00 e. The standard InChI is InChI=1S/C27H31NP.BrH/c1-3-21-28(22-4-2)23-14-24-29(25-15-8-5-9-16-25,26-17-10-6-11-18-26)27-19-12-7-13-20-27;/h3-13,15-20H,1-2,14,21-24H2;1H/q+1;/p-1. The Kier molecular flexibility index (Phi) is 10.2. The predicted octanol–water partition coefficient (Wildman–Crippen LogP) is 2.05. The highest BCUT2D eigenvalue weighted by Crippen LogP contribution is 2.55. The molecular weight excluding hydrogens is 449 g/mol. The van der Waals surface area contributed by atoms with Crippen LogP contribution >= 0.6 is 7.26 Å². The molecule has 0 atom stereocenters. The molecule has 0 radical (unpaired) electrons. The Hall–Kier alpha value is -1.99. The Morgan fingerprint density at radius 3 is 1.33 bits per heavy atom. The largest absolute Gasteiger partial charge is 1.00 e. The van der Waals surface area contributed by atoms with E-state index in [0.29, 0.717) is 0 Å². The third-order valence-electron chi connectivity index (χ3n) is 5.33. The van der Waals surface area contributed by atoms with Crippen LogP contribution in [0.3, 0.4) is 0 Å². The maximum atomic E-state index is 3.91. The molecule has 1 nitrogen and oxygen atoms in total. The molecule has 0 amide bonds. The summed E-state index contributed by atoms with van der Waals surface area (Å²) < 4.78 is 0. The van der Waals surface area contributed by atoms with E-state index in [4.69, 9.17) is 0 Å². The maximum Gasteiger partial charge on any atom is 0.112 e. The molecule has 30 heavy (non-hydrogen) atoms. The second-order valence-electron chi connectivity index (χ2n) is 7.23. The van der Waals surface area contributed by atoms with E-state index in [1.807, 2.05) is 12.2 Å². The Morgan fingerprint density at radius 1 is 0.633 bits per heavy atom. The smallest absolute Gasteiger partial charge is 0.112 e. The molecule has 3 heteroatoms. The van der Waals surface area contributed by atoms with Crippen molar-refractivity contribution in [1.29, 1.82) is 0 Å². The van der Waals surface area contributed by atoms with Gasteiger partial charge in [-0.05, 0) is 42.8 Å². The molecule has 0 fully saturated rings. The minimum absolute atomic E-state index is 0. The quantitative estimate of drug-likeness (QED) is 0.300. The fourth-order valence-electron chi connectivity index (χ4n) is 4.04. The van der Waals surface area contributed by atoms with Gasteiger partial charge in [0.1, 0.15) is 23.2 Å². The lowest BCUT2D eigenvalue weighted by Gasteiger charge is -2.28. The average molecular weight is 480 g/mol. The maximum absolute atomic E-state index is 3.91. The molecular formula is C27H31BrNP. The summed E-state index contributed by atoms with van der Waals surface area (Å²) in [4.78, 5) is 2.41. The number of hydrogen-bond donors (Lipinski definition) is 0. The van der Waals surface area contributed by atoms with Crippen LogP contribution in [0, 0.1) is 0 Å². The van der Waals surface area contributed by atoms with E-state index in [9.17, 15) is 0 Å². The van der Waals surface area contributed by atoms with Gasteiger partial charge in [0.15, 0.2) is 0 Å². The SMILES string of the molecule is C=CCN(CC=C)CCC[P+](c1ccccc1)(c1ccccc1)c1ccccc1.[Br-]. The van der Waals surface area contributed by atoms with Gasteiger partial charge in [0.2, 0.25) is 0 Å². The van der Waals surface area contributed by atoms with Crippen molar-refractivity contribution in [3.8, 4) is 0 Å². The lowest BCUT2D eigenvalue weighted by Crippen LogP contribution is -3.00. The molecule has 3 rings (SSSR count). The van der Waals surface area contributed by atoms with E-state index in [1.54, 1.807) is 0 Å².